The van der Waals surface area contributed by atoms with Crippen molar-refractivity contribution in [2.24, 2.45) is 5.41 Å². The molecule has 1 amide bonds. The largest absolute Gasteiger partial charge is 0.339 e. The van der Waals surface area contributed by atoms with Gasteiger partial charge >= 0.3 is 0 Å². The highest BCUT2D eigenvalue weighted by atomic mass is 35.5. The minimum absolute atomic E-state index is 0.0894. The third kappa shape index (κ3) is 3.65. The minimum atomic E-state index is -0.249. The van der Waals surface area contributed by atoms with Gasteiger partial charge in [0.1, 0.15) is 0 Å². The van der Waals surface area contributed by atoms with Gasteiger partial charge in [-0.3, -0.25) is 4.79 Å². The first-order valence-corrected chi connectivity index (χ1v) is 6.47. The van der Waals surface area contributed by atoms with E-state index in [0.29, 0.717) is 12.3 Å². The quantitative estimate of drug-likeness (QED) is 0.698. The molecule has 1 heterocycles. The molecule has 94 valence electrons. The molecule has 0 bridgehead atoms. The SMILES string of the molecule is CC(C)(Cl)CC(N1CCCC1=O)C(C)(C)C. The van der Waals surface area contributed by atoms with E-state index in [2.05, 4.69) is 20.8 Å². The molecule has 1 aliphatic heterocycles. The van der Waals surface area contributed by atoms with E-state index in [9.17, 15) is 4.79 Å². The fraction of sp³-hybridized carbons (Fsp3) is 0.923. The van der Waals surface area contributed by atoms with Crippen molar-refractivity contribution >= 4 is 17.5 Å². The zero-order valence-corrected chi connectivity index (χ0v) is 11.9. The number of nitrogens with zero attached hydrogens (tertiary/aromatic N) is 1. The summed E-state index contributed by atoms with van der Waals surface area (Å²) in [6.07, 6.45) is 2.55. The Morgan fingerprint density at radius 3 is 2.19 bits per heavy atom. The topological polar surface area (TPSA) is 20.3 Å². The maximum Gasteiger partial charge on any atom is 0.222 e. The number of amides is 1. The van der Waals surface area contributed by atoms with Crippen molar-refractivity contribution in [3.8, 4) is 0 Å². The standard InChI is InChI=1S/C13H24ClNO/c1-12(2,3)10(9-13(4,5)14)15-8-6-7-11(15)16/h10H,6-9H2,1-5H3. The number of alkyl halides is 1. The van der Waals surface area contributed by atoms with Gasteiger partial charge < -0.3 is 4.90 Å². The van der Waals surface area contributed by atoms with E-state index in [4.69, 9.17) is 11.6 Å². The van der Waals surface area contributed by atoms with Gasteiger partial charge in [-0.15, -0.1) is 11.6 Å². The lowest BCUT2D eigenvalue weighted by Crippen LogP contribution is -2.47. The smallest absolute Gasteiger partial charge is 0.222 e. The molecule has 3 heteroatoms. The fourth-order valence-corrected chi connectivity index (χ4v) is 2.49. The molecule has 0 aromatic heterocycles. The predicted molar refractivity (Wildman–Crippen MR) is 68.7 cm³/mol. The molecule has 1 unspecified atom stereocenters. The molecule has 2 nitrogen and oxygen atoms in total. The van der Waals surface area contributed by atoms with Crippen molar-refractivity contribution < 1.29 is 4.79 Å². The monoisotopic (exact) mass is 245 g/mol. The Labute approximate surface area is 104 Å². The van der Waals surface area contributed by atoms with Gasteiger partial charge in [0.15, 0.2) is 0 Å². The molecule has 1 fully saturated rings. The molecule has 1 aliphatic rings. The zero-order valence-electron chi connectivity index (χ0n) is 11.1. The second-order valence-electron chi connectivity index (χ2n) is 6.50. The Kier molecular flexibility index (Phi) is 3.94. The van der Waals surface area contributed by atoms with Crippen LogP contribution in [0.15, 0.2) is 0 Å². The van der Waals surface area contributed by atoms with E-state index in [-0.39, 0.29) is 16.3 Å². The first-order chi connectivity index (χ1) is 7.11. The fourth-order valence-electron chi connectivity index (χ4n) is 2.34. The summed E-state index contributed by atoms with van der Waals surface area (Å²) in [6.45, 7) is 11.5. The first-order valence-electron chi connectivity index (χ1n) is 6.10. The molecular formula is C13H24ClNO. The van der Waals surface area contributed by atoms with Crippen LogP contribution in [0.1, 0.15) is 53.9 Å². The van der Waals surface area contributed by atoms with Crippen LogP contribution in [0.25, 0.3) is 0 Å². The molecule has 0 radical (unpaired) electrons. The van der Waals surface area contributed by atoms with E-state index >= 15 is 0 Å². The predicted octanol–water partition coefficient (Wildman–Crippen LogP) is 3.43. The van der Waals surface area contributed by atoms with Gasteiger partial charge in [-0.1, -0.05) is 20.8 Å². The lowest BCUT2D eigenvalue weighted by molar-refractivity contribution is -0.132. The maximum atomic E-state index is 11.8. The summed E-state index contributed by atoms with van der Waals surface area (Å²) in [4.78, 5) is 13.6. The molecule has 1 rings (SSSR count). The third-order valence-corrected chi connectivity index (χ3v) is 3.32. The van der Waals surface area contributed by atoms with E-state index in [0.717, 1.165) is 19.4 Å². The van der Waals surface area contributed by atoms with Crippen LogP contribution in [0.4, 0.5) is 0 Å². The van der Waals surface area contributed by atoms with E-state index in [1.54, 1.807) is 0 Å². The van der Waals surface area contributed by atoms with Crippen LogP contribution in [0, 0.1) is 5.41 Å². The van der Waals surface area contributed by atoms with Crippen LogP contribution in [0.2, 0.25) is 0 Å². The zero-order chi connectivity index (χ0) is 12.6. The molecule has 1 saturated heterocycles. The Balaban J connectivity index is 2.83. The molecule has 0 aliphatic carbocycles. The van der Waals surface area contributed by atoms with Crippen molar-refractivity contribution in [3.63, 3.8) is 0 Å². The van der Waals surface area contributed by atoms with Gasteiger partial charge in [0.25, 0.3) is 0 Å². The normalized spacial score (nSPS) is 20.4. The van der Waals surface area contributed by atoms with Crippen LogP contribution in [0.5, 0.6) is 0 Å². The van der Waals surface area contributed by atoms with Crippen LogP contribution >= 0.6 is 11.6 Å². The van der Waals surface area contributed by atoms with Crippen molar-refractivity contribution in [3.05, 3.63) is 0 Å². The Morgan fingerprint density at radius 1 is 1.31 bits per heavy atom. The Hall–Kier alpha value is -0.240. The molecule has 0 saturated carbocycles. The van der Waals surface area contributed by atoms with E-state index in [1.165, 1.54) is 0 Å². The first kappa shape index (κ1) is 13.8. The summed E-state index contributed by atoms with van der Waals surface area (Å²) in [5.74, 6) is 0.292. The van der Waals surface area contributed by atoms with Gasteiger partial charge in [-0.25, -0.2) is 0 Å². The molecule has 0 N–H and O–H groups in total. The summed E-state index contributed by atoms with van der Waals surface area (Å²) in [5.41, 5.74) is 0.0894. The highest BCUT2D eigenvalue weighted by Gasteiger charge is 2.38. The lowest BCUT2D eigenvalue weighted by Gasteiger charge is -2.40. The van der Waals surface area contributed by atoms with Crippen molar-refractivity contribution in [1.29, 1.82) is 0 Å². The Bertz CT molecular complexity index is 262. The van der Waals surface area contributed by atoms with Crippen LogP contribution in [-0.4, -0.2) is 28.3 Å². The average molecular weight is 246 g/mol. The number of likely N-dealkylation sites (tertiary alicyclic amines) is 1. The van der Waals surface area contributed by atoms with E-state index < -0.39 is 0 Å². The van der Waals surface area contributed by atoms with Gasteiger partial charge in [0.05, 0.1) is 0 Å². The second kappa shape index (κ2) is 4.56. The van der Waals surface area contributed by atoms with Crippen LogP contribution in [0.3, 0.4) is 0 Å². The molecular weight excluding hydrogens is 222 g/mol. The Morgan fingerprint density at radius 2 is 1.88 bits per heavy atom. The number of rotatable bonds is 3. The maximum absolute atomic E-state index is 11.8. The van der Waals surface area contributed by atoms with Gasteiger partial charge in [-0.05, 0) is 32.1 Å². The second-order valence-corrected chi connectivity index (χ2v) is 7.52. The number of halogens is 1. The van der Waals surface area contributed by atoms with E-state index in [1.807, 2.05) is 18.7 Å². The van der Waals surface area contributed by atoms with Crippen molar-refractivity contribution in [2.75, 3.05) is 6.54 Å². The average Bonchev–Trinajstić information content (AvgIpc) is 2.43. The highest BCUT2D eigenvalue weighted by Crippen LogP contribution is 2.35. The van der Waals surface area contributed by atoms with Crippen molar-refractivity contribution in [2.45, 2.75) is 64.8 Å². The summed E-state index contributed by atoms with van der Waals surface area (Å²) < 4.78 is 0. The third-order valence-electron chi connectivity index (χ3n) is 3.16. The van der Waals surface area contributed by atoms with Gasteiger partial charge in [-0.2, -0.15) is 0 Å². The molecule has 0 spiro atoms. The number of carbonyl (C=O) groups is 1. The summed E-state index contributed by atoms with van der Waals surface area (Å²) in [7, 11) is 0. The van der Waals surface area contributed by atoms with Crippen LogP contribution in [-0.2, 0) is 4.79 Å². The number of hydrogen-bond acceptors (Lipinski definition) is 1. The minimum Gasteiger partial charge on any atom is -0.339 e. The molecule has 16 heavy (non-hydrogen) atoms. The van der Waals surface area contributed by atoms with Crippen molar-refractivity contribution in [1.82, 2.24) is 4.90 Å². The number of carbonyl (C=O) groups excluding carboxylic acids is 1. The lowest BCUT2D eigenvalue weighted by atomic mass is 9.81. The van der Waals surface area contributed by atoms with Crippen LogP contribution < -0.4 is 0 Å². The van der Waals surface area contributed by atoms with Gasteiger partial charge in [0, 0.05) is 23.9 Å². The summed E-state index contributed by atoms with van der Waals surface area (Å²) >= 11 is 6.32. The molecule has 0 aromatic carbocycles. The summed E-state index contributed by atoms with van der Waals surface area (Å²) in [5, 5.41) is 0. The molecule has 1 atom stereocenters. The molecule has 0 aromatic rings. The summed E-state index contributed by atoms with van der Waals surface area (Å²) in [6, 6.07) is 0.245. The van der Waals surface area contributed by atoms with Gasteiger partial charge in [0.2, 0.25) is 5.91 Å². The highest BCUT2D eigenvalue weighted by molar-refractivity contribution is 6.23. The number of hydrogen-bond donors (Lipinski definition) is 0.